The Morgan fingerprint density at radius 1 is 0.328 bits per heavy atom. The molecule has 2 aromatic heterocycles. The van der Waals surface area contributed by atoms with E-state index in [0.29, 0.717) is 17.5 Å². The molecule has 0 unspecified atom stereocenters. The first-order chi connectivity index (χ1) is 29.7. The van der Waals surface area contributed by atoms with Crippen molar-refractivity contribution in [3.8, 4) is 73.2 Å². The van der Waals surface area contributed by atoms with Crippen molar-refractivity contribution >= 4 is 21.8 Å². The fourth-order valence-electron chi connectivity index (χ4n) is 10.3. The topological polar surface area (TPSA) is 43.6 Å². The average Bonchev–Trinajstić information content (AvgIpc) is 3.85. The normalized spacial score (nSPS) is 14.2. The second-order valence-electron chi connectivity index (χ2n) is 17.7. The van der Waals surface area contributed by atoms with E-state index in [1.54, 1.807) is 0 Å². The fraction of sp³-hybridized carbons (Fsp3) is 0.105. The first-order valence-corrected chi connectivity index (χ1v) is 21.2. The van der Waals surface area contributed by atoms with Gasteiger partial charge in [-0.1, -0.05) is 167 Å². The van der Waals surface area contributed by atoms with E-state index in [2.05, 4.69) is 178 Å². The van der Waals surface area contributed by atoms with Crippen molar-refractivity contribution in [2.24, 2.45) is 0 Å². The van der Waals surface area contributed by atoms with Crippen molar-refractivity contribution < 1.29 is 0 Å². The van der Waals surface area contributed by atoms with Crippen LogP contribution in [-0.4, -0.2) is 19.5 Å². The van der Waals surface area contributed by atoms with Crippen LogP contribution in [0.1, 0.15) is 49.9 Å². The van der Waals surface area contributed by atoms with Gasteiger partial charge in [0.15, 0.2) is 17.5 Å². The molecule has 0 radical (unpaired) electrons. The summed E-state index contributed by atoms with van der Waals surface area (Å²) >= 11 is 0. The van der Waals surface area contributed by atoms with Crippen LogP contribution in [0.2, 0.25) is 0 Å². The SMILES string of the molecule is CC1(C)c2ccccc2-c2ccc(-c3cc(-c4nc(-c5ccccc5)nc(-c5ccccc5)n4)cc(-n4c5ccccc5c5cc6c(cc54)C(C)(C)c4ccccc4-6)c3)cc21. The Morgan fingerprint density at radius 3 is 1.49 bits per heavy atom. The number of hydrogen-bond donors (Lipinski definition) is 0. The molecule has 0 amide bonds. The molecule has 0 saturated carbocycles. The lowest BCUT2D eigenvalue weighted by molar-refractivity contribution is 0.660. The highest BCUT2D eigenvalue weighted by Gasteiger charge is 2.37. The molecule has 0 atom stereocenters. The first kappa shape index (κ1) is 35.5. The first-order valence-electron chi connectivity index (χ1n) is 21.2. The summed E-state index contributed by atoms with van der Waals surface area (Å²) in [6.07, 6.45) is 0. The molecule has 290 valence electrons. The highest BCUT2D eigenvalue weighted by atomic mass is 15.0. The van der Waals surface area contributed by atoms with Gasteiger partial charge in [-0.05, 0) is 98.1 Å². The minimum Gasteiger partial charge on any atom is -0.309 e. The Morgan fingerprint density at radius 2 is 0.836 bits per heavy atom. The molecule has 2 heterocycles. The predicted molar refractivity (Wildman–Crippen MR) is 251 cm³/mol. The van der Waals surface area contributed by atoms with Crippen LogP contribution in [0, 0.1) is 0 Å². The van der Waals surface area contributed by atoms with Crippen LogP contribution in [0.3, 0.4) is 0 Å². The van der Waals surface area contributed by atoms with E-state index in [1.165, 1.54) is 60.8 Å². The molecular formula is C57H42N4. The molecule has 0 aliphatic heterocycles. The van der Waals surface area contributed by atoms with E-state index in [0.717, 1.165) is 39.0 Å². The van der Waals surface area contributed by atoms with E-state index in [9.17, 15) is 0 Å². The summed E-state index contributed by atoms with van der Waals surface area (Å²) in [6, 6.07) is 65.8. The molecule has 0 spiro atoms. The van der Waals surface area contributed by atoms with Crippen molar-refractivity contribution in [3.63, 3.8) is 0 Å². The smallest absolute Gasteiger partial charge is 0.164 e. The molecule has 8 aromatic carbocycles. The minimum atomic E-state index is -0.143. The second kappa shape index (κ2) is 13.0. The molecule has 0 fully saturated rings. The Hall–Kier alpha value is -7.43. The van der Waals surface area contributed by atoms with Gasteiger partial charge in [0, 0.05) is 44.0 Å². The van der Waals surface area contributed by atoms with Gasteiger partial charge in [0.25, 0.3) is 0 Å². The van der Waals surface area contributed by atoms with Crippen LogP contribution in [-0.2, 0) is 10.8 Å². The maximum Gasteiger partial charge on any atom is 0.164 e. The van der Waals surface area contributed by atoms with Crippen LogP contribution < -0.4 is 0 Å². The van der Waals surface area contributed by atoms with Gasteiger partial charge in [-0.15, -0.1) is 0 Å². The van der Waals surface area contributed by atoms with Crippen molar-refractivity contribution in [3.05, 3.63) is 204 Å². The maximum atomic E-state index is 5.25. The van der Waals surface area contributed by atoms with E-state index < -0.39 is 0 Å². The number of benzene rings is 8. The summed E-state index contributed by atoms with van der Waals surface area (Å²) in [4.78, 5) is 15.5. The molecule has 2 aliphatic carbocycles. The second-order valence-corrected chi connectivity index (χ2v) is 17.7. The molecule has 4 heteroatoms. The number of rotatable bonds is 5. The Labute approximate surface area is 355 Å². The number of nitrogens with zero attached hydrogens (tertiary/aromatic N) is 4. The fourth-order valence-corrected chi connectivity index (χ4v) is 10.3. The molecule has 4 nitrogen and oxygen atoms in total. The van der Waals surface area contributed by atoms with Gasteiger partial charge >= 0.3 is 0 Å². The van der Waals surface area contributed by atoms with Crippen LogP contribution in [0.4, 0.5) is 0 Å². The van der Waals surface area contributed by atoms with Crippen LogP contribution >= 0.6 is 0 Å². The van der Waals surface area contributed by atoms with E-state index in [1.807, 2.05) is 36.4 Å². The van der Waals surface area contributed by atoms with Crippen molar-refractivity contribution in [1.82, 2.24) is 19.5 Å². The monoisotopic (exact) mass is 782 g/mol. The summed E-state index contributed by atoms with van der Waals surface area (Å²) in [5, 5.41) is 2.47. The Balaban J connectivity index is 1.14. The summed E-state index contributed by atoms with van der Waals surface area (Å²) in [5.74, 6) is 1.91. The van der Waals surface area contributed by atoms with Crippen LogP contribution in [0.15, 0.2) is 182 Å². The van der Waals surface area contributed by atoms with Gasteiger partial charge in [0.2, 0.25) is 0 Å². The number of hydrogen-bond acceptors (Lipinski definition) is 3. The lowest BCUT2D eigenvalue weighted by Gasteiger charge is -2.22. The zero-order valence-corrected chi connectivity index (χ0v) is 34.6. The lowest BCUT2D eigenvalue weighted by Crippen LogP contribution is -2.15. The standard InChI is InChI=1S/C57H42N4/c1-56(2)47-24-14-11-21-41(47)43-28-27-37(32-49(43)56)38-29-39(55-59-53(35-17-7-5-8-18-35)58-54(60-55)36-19-9-6-10-20-36)31-40(30-38)61-51-26-16-13-23-44(51)46-33-45-42-22-12-15-25-48(42)57(3,4)50(45)34-52(46)61/h5-34H,1-4H3. The van der Waals surface area contributed by atoms with Crippen molar-refractivity contribution in [2.45, 2.75) is 38.5 Å². The molecule has 0 N–H and O–H groups in total. The van der Waals surface area contributed by atoms with Gasteiger partial charge in [0.1, 0.15) is 0 Å². The molecule has 61 heavy (non-hydrogen) atoms. The molecular weight excluding hydrogens is 741 g/mol. The van der Waals surface area contributed by atoms with E-state index in [4.69, 9.17) is 15.0 Å². The van der Waals surface area contributed by atoms with Gasteiger partial charge in [-0.3, -0.25) is 0 Å². The highest BCUT2D eigenvalue weighted by Crippen LogP contribution is 2.52. The zero-order valence-electron chi connectivity index (χ0n) is 34.6. The zero-order chi connectivity index (χ0) is 41.0. The van der Waals surface area contributed by atoms with Gasteiger partial charge < -0.3 is 4.57 Å². The van der Waals surface area contributed by atoms with Gasteiger partial charge in [-0.25, -0.2) is 15.0 Å². The Bertz CT molecular complexity index is 3350. The quantitative estimate of drug-likeness (QED) is 0.175. The molecule has 2 aliphatic rings. The number of fused-ring (bicyclic) bond motifs is 9. The largest absolute Gasteiger partial charge is 0.309 e. The average molecular weight is 783 g/mol. The third-order valence-corrected chi connectivity index (χ3v) is 13.4. The summed E-state index contributed by atoms with van der Waals surface area (Å²) in [6.45, 7) is 9.41. The third kappa shape index (κ3) is 5.35. The highest BCUT2D eigenvalue weighted by molar-refractivity contribution is 6.12. The summed E-state index contributed by atoms with van der Waals surface area (Å²) in [7, 11) is 0. The summed E-state index contributed by atoms with van der Waals surface area (Å²) < 4.78 is 2.46. The van der Waals surface area contributed by atoms with Gasteiger partial charge in [-0.2, -0.15) is 0 Å². The van der Waals surface area contributed by atoms with E-state index in [-0.39, 0.29) is 10.8 Å². The van der Waals surface area contributed by atoms with Gasteiger partial charge in [0.05, 0.1) is 11.0 Å². The van der Waals surface area contributed by atoms with Crippen LogP contribution in [0.25, 0.3) is 95.0 Å². The minimum absolute atomic E-state index is 0.136. The Kier molecular flexibility index (Phi) is 7.59. The van der Waals surface area contributed by atoms with Crippen molar-refractivity contribution in [1.29, 1.82) is 0 Å². The third-order valence-electron chi connectivity index (χ3n) is 13.4. The number of aromatic nitrogens is 4. The van der Waals surface area contributed by atoms with Crippen LogP contribution in [0.5, 0.6) is 0 Å². The van der Waals surface area contributed by atoms with Crippen molar-refractivity contribution in [2.75, 3.05) is 0 Å². The molecule has 0 bridgehead atoms. The summed E-state index contributed by atoms with van der Waals surface area (Å²) in [5.41, 5.74) is 18.9. The molecule has 12 rings (SSSR count). The number of para-hydroxylation sites is 1. The lowest BCUT2D eigenvalue weighted by atomic mass is 9.81. The predicted octanol–water partition coefficient (Wildman–Crippen LogP) is 14.2. The maximum absolute atomic E-state index is 5.25. The van der Waals surface area contributed by atoms with E-state index >= 15 is 0 Å². The molecule has 10 aromatic rings. The molecule has 0 saturated heterocycles.